The molecule has 1 aliphatic heterocycles. The Morgan fingerprint density at radius 3 is 1.81 bits per heavy atom. The Morgan fingerprint density at radius 1 is 0.815 bits per heavy atom. The van der Waals surface area contributed by atoms with Crippen LogP contribution in [0.2, 0.25) is 0 Å². The van der Waals surface area contributed by atoms with Crippen LogP contribution in [-0.4, -0.2) is 88.4 Å². The van der Waals surface area contributed by atoms with Crippen LogP contribution in [0.15, 0.2) is 78.9 Å². The van der Waals surface area contributed by atoms with Crippen LogP contribution in [0.5, 0.6) is 5.75 Å². The monoisotopic (exact) mass is 741 g/mol. The summed E-state index contributed by atoms with van der Waals surface area (Å²) in [6.07, 6.45) is 3.39. The number of hydrogen-bond donors (Lipinski definition) is 4. The van der Waals surface area contributed by atoms with Crippen LogP contribution in [-0.2, 0) is 42.2 Å². The molecule has 5 rings (SSSR count). The largest absolute Gasteiger partial charge is 0.481 e. The molecule has 290 valence electrons. The topological polar surface area (TPSA) is 153 Å². The fourth-order valence-electron chi connectivity index (χ4n) is 8.71. The molecule has 4 N–H and O–H groups in total. The molecular formula is C43H55N3O8. The normalized spacial score (nSPS) is 19.1. The summed E-state index contributed by atoms with van der Waals surface area (Å²) in [5.41, 5.74) is 1.45. The summed E-state index contributed by atoms with van der Waals surface area (Å²) in [5, 5.41) is 29.9. The van der Waals surface area contributed by atoms with Gasteiger partial charge in [-0.2, -0.15) is 0 Å². The second-order valence-corrected chi connectivity index (χ2v) is 15.1. The number of fused-ring (bicyclic) bond motifs is 3. The van der Waals surface area contributed by atoms with E-state index >= 15 is 0 Å². The average molecular weight is 742 g/mol. The first-order valence-corrected chi connectivity index (χ1v) is 18.8. The van der Waals surface area contributed by atoms with Gasteiger partial charge in [0, 0.05) is 22.0 Å². The molecule has 1 aliphatic rings. The molecule has 0 amide bonds. The van der Waals surface area contributed by atoms with Crippen LogP contribution in [0.3, 0.4) is 0 Å². The number of carbonyl (C=O) groups excluding carboxylic acids is 1. The van der Waals surface area contributed by atoms with E-state index in [1.807, 2.05) is 18.2 Å². The number of hydrogen-bond acceptors (Lipinski definition) is 8. The molecule has 3 unspecified atom stereocenters. The molecular weight excluding hydrogens is 686 g/mol. The van der Waals surface area contributed by atoms with Gasteiger partial charge in [-0.15, -0.1) is 0 Å². The second kappa shape index (κ2) is 16.4. The molecule has 11 heteroatoms. The smallest absolute Gasteiger partial charge is 0.336 e. The number of aromatic nitrogens is 1. The highest BCUT2D eigenvalue weighted by atomic mass is 16.5. The van der Waals surface area contributed by atoms with Crippen molar-refractivity contribution in [3.8, 4) is 5.75 Å². The molecule has 0 fully saturated rings. The number of carboxylic acid groups (broad SMARTS) is 2. The highest BCUT2D eigenvalue weighted by Crippen LogP contribution is 2.49. The summed E-state index contributed by atoms with van der Waals surface area (Å²) in [6, 6.07) is 26.5. The third-order valence-corrected chi connectivity index (χ3v) is 12.0. The minimum Gasteiger partial charge on any atom is -0.481 e. The summed E-state index contributed by atoms with van der Waals surface area (Å²) < 4.78 is 12.6. The van der Waals surface area contributed by atoms with Crippen molar-refractivity contribution in [1.82, 2.24) is 14.8 Å². The van der Waals surface area contributed by atoms with Gasteiger partial charge >= 0.3 is 17.9 Å². The molecule has 1 aromatic heterocycles. The van der Waals surface area contributed by atoms with E-state index in [4.69, 9.17) is 14.6 Å². The van der Waals surface area contributed by atoms with Gasteiger partial charge in [-0.25, -0.2) is 4.79 Å². The highest BCUT2D eigenvalue weighted by Gasteiger charge is 2.46. The minimum absolute atomic E-state index is 0.165. The van der Waals surface area contributed by atoms with Crippen LogP contribution in [0.25, 0.3) is 10.9 Å². The number of H-pyrrole nitrogens is 1. The fourth-order valence-corrected chi connectivity index (χ4v) is 8.71. The number of aromatic amines is 1. The number of nitrogens with zero attached hydrogens (tertiary/aromatic N) is 2. The fraction of sp³-hybridized carbons (Fsp3) is 0.465. The maximum absolute atomic E-state index is 12.9. The van der Waals surface area contributed by atoms with Crippen molar-refractivity contribution < 1.29 is 39.2 Å². The second-order valence-electron chi connectivity index (χ2n) is 15.1. The molecule has 3 aromatic carbocycles. The number of carbonyl (C=O) groups is 3. The molecule has 0 radical (unpaired) electrons. The number of carboxylic acids is 2. The molecule has 3 atom stereocenters. The van der Waals surface area contributed by atoms with Gasteiger partial charge in [0.05, 0.1) is 25.1 Å². The third kappa shape index (κ3) is 7.95. The number of benzene rings is 3. The van der Waals surface area contributed by atoms with Gasteiger partial charge < -0.3 is 29.8 Å². The lowest BCUT2D eigenvalue weighted by Gasteiger charge is -2.47. The van der Waals surface area contributed by atoms with Gasteiger partial charge in [-0.05, 0) is 108 Å². The zero-order valence-corrected chi connectivity index (χ0v) is 32.4. The number of esters is 1. The van der Waals surface area contributed by atoms with Crippen molar-refractivity contribution in [1.29, 1.82) is 0 Å². The summed E-state index contributed by atoms with van der Waals surface area (Å²) >= 11 is 0. The number of ether oxygens (including phenoxy) is 2. The molecule has 0 spiro atoms. The maximum Gasteiger partial charge on any atom is 0.336 e. The van der Waals surface area contributed by atoms with E-state index in [2.05, 4.69) is 105 Å². The minimum atomic E-state index is -2.79. The number of aliphatic carboxylic acids is 2. The van der Waals surface area contributed by atoms with E-state index in [0.29, 0.717) is 13.0 Å². The van der Waals surface area contributed by atoms with Gasteiger partial charge in [-0.3, -0.25) is 19.4 Å². The van der Waals surface area contributed by atoms with Gasteiger partial charge in [0.25, 0.3) is 0 Å². The standard InChI is InChI=1S/C43H55N3O8/c1-7-40(45(3)4,30-15-11-9-12-16-30)22-24-43(25-23-41(8-2,46(5)6)31-17-13-10-14-18-31)38-33(21-26-53-43)34-27-32(19-20-35(34)44-38)54-37(49)29-42(52,39(50)51)28-36(47)48/h9-20,27,44,52H,7-8,21-26,28-29H2,1-6H3,(H,47,48)(H,50,51). The van der Waals surface area contributed by atoms with Crippen molar-refractivity contribution in [2.75, 3.05) is 34.8 Å². The molecule has 4 aromatic rings. The molecule has 0 saturated heterocycles. The lowest BCUT2D eigenvalue weighted by Crippen LogP contribution is -2.46. The van der Waals surface area contributed by atoms with Crippen molar-refractivity contribution in [3.05, 3.63) is 101 Å². The lowest BCUT2D eigenvalue weighted by atomic mass is 9.72. The molecule has 0 bridgehead atoms. The Kier molecular flexibility index (Phi) is 12.4. The van der Waals surface area contributed by atoms with E-state index in [1.54, 1.807) is 12.1 Å². The predicted octanol–water partition coefficient (Wildman–Crippen LogP) is 6.82. The summed E-state index contributed by atoms with van der Waals surface area (Å²) in [4.78, 5) is 44.1. The molecule has 2 heterocycles. The first-order valence-electron chi connectivity index (χ1n) is 18.8. The number of aliphatic hydroxyl groups is 1. The SMILES string of the molecule is CCC(CCC1(CCC(CC)(c2ccccc2)N(C)C)OCCc2c1[nH]c1ccc(OC(=O)CC(O)(CC(=O)O)C(=O)O)cc21)(c1ccccc1)N(C)C. The third-order valence-electron chi connectivity index (χ3n) is 12.0. The van der Waals surface area contributed by atoms with E-state index in [0.717, 1.165) is 60.7 Å². The zero-order chi connectivity index (χ0) is 39.3. The number of rotatable bonds is 18. The Balaban J connectivity index is 1.57. The highest BCUT2D eigenvalue weighted by molar-refractivity contribution is 5.90. The van der Waals surface area contributed by atoms with Crippen LogP contribution in [0.1, 0.15) is 87.6 Å². The van der Waals surface area contributed by atoms with Crippen molar-refractivity contribution >= 4 is 28.8 Å². The van der Waals surface area contributed by atoms with Crippen LogP contribution >= 0.6 is 0 Å². The molecule has 0 aliphatic carbocycles. The van der Waals surface area contributed by atoms with Crippen molar-refractivity contribution in [2.45, 2.75) is 93.9 Å². The van der Waals surface area contributed by atoms with Crippen LogP contribution in [0.4, 0.5) is 0 Å². The van der Waals surface area contributed by atoms with Gasteiger partial charge in [-0.1, -0.05) is 74.5 Å². The average Bonchev–Trinajstić information content (AvgIpc) is 3.52. The van der Waals surface area contributed by atoms with Crippen LogP contribution in [0, 0.1) is 0 Å². The summed E-state index contributed by atoms with van der Waals surface area (Å²) in [6.45, 7) is 4.96. The Morgan fingerprint density at radius 2 is 1.35 bits per heavy atom. The van der Waals surface area contributed by atoms with E-state index in [1.165, 1.54) is 11.1 Å². The number of nitrogens with one attached hydrogen (secondary N) is 1. The molecule has 54 heavy (non-hydrogen) atoms. The van der Waals surface area contributed by atoms with Crippen molar-refractivity contribution in [2.24, 2.45) is 0 Å². The van der Waals surface area contributed by atoms with E-state index in [9.17, 15) is 24.6 Å². The molecule has 11 nitrogen and oxygen atoms in total. The Bertz CT molecular complexity index is 1860. The van der Waals surface area contributed by atoms with Crippen molar-refractivity contribution in [3.63, 3.8) is 0 Å². The zero-order valence-electron chi connectivity index (χ0n) is 32.4. The Labute approximate surface area is 317 Å². The van der Waals surface area contributed by atoms with Gasteiger partial charge in [0.2, 0.25) is 0 Å². The first kappa shape index (κ1) is 40.6. The van der Waals surface area contributed by atoms with Crippen LogP contribution < -0.4 is 4.74 Å². The van der Waals surface area contributed by atoms with Gasteiger partial charge in [0.15, 0.2) is 5.60 Å². The predicted molar refractivity (Wildman–Crippen MR) is 207 cm³/mol. The Hall–Kier alpha value is -4.55. The molecule has 0 saturated carbocycles. The quantitative estimate of drug-likeness (QED) is 0.0632. The summed E-state index contributed by atoms with van der Waals surface area (Å²) in [7, 11) is 8.57. The summed E-state index contributed by atoms with van der Waals surface area (Å²) in [5.74, 6) is -4.24. The lowest BCUT2D eigenvalue weighted by molar-refractivity contribution is -0.169. The van der Waals surface area contributed by atoms with Gasteiger partial charge in [0.1, 0.15) is 11.4 Å². The maximum atomic E-state index is 12.9. The first-order chi connectivity index (χ1) is 25.6. The van der Waals surface area contributed by atoms with E-state index < -0.39 is 42.0 Å². The van der Waals surface area contributed by atoms with E-state index in [-0.39, 0.29) is 16.8 Å².